The molecule has 1 saturated heterocycles. The quantitative estimate of drug-likeness (QED) is 0.932. The Labute approximate surface area is 142 Å². The number of rotatable bonds is 4. The molecule has 126 valence electrons. The Morgan fingerprint density at radius 2 is 1.83 bits per heavy atom. The summed E-state index contributed by atoms with van der Waals surface area (Å²) in [5.41, 5.74) is 1.04. The summed E-state index contributed by atoms with van der Waals surface area (Å²) in [6.45, 7) is 3.83. The standard InChI is InChI=1S/C18H22N4O2/c1-21-10-12-22(13-11-21)17-9-5-7-15(19-17)18(23)20-14-6-3-4-8-16(14)24-2/h3-9H,10-13H2,1-2H3,(H,20,23). The second-order valence-electron chi connectivity index (χ2n) is 5.83. The van der Waals surface area contributed by atoms with Crippen LogP contribution in [0.2, 0.25) is 0 Å². The highest BCUT2D eigenvalue weighted by molar-refractivity contribution is 6.03. The van der Waals surface area contributed by atoms with Gasteiger partial charge < -0.3 is 19.9 Å². The van der Waals surface area contributed by atoms with Crippen molar-refractivity contribution in [3.8, 4) is 5.75 Å². The molecule has 1 aliphatic heterocycles. The number of nitrogens with one attached hydrogen (secondary N) is 1. The number of pyridine rings is 1. The van der Waals surface area contributed by atoms with E-state index in [9.17, 15) is 4.79 Å². The van der Waals surface area contributed by atoms with Crippen LogP contribution in [0.25, 0.3) is 0 Å². The fourth-order valence-electron chi connectivity index (χ4n) is 2.70. The number of amides is 1. The van der Waals surface area contributed by atoms with Gasteiger partial charge in [-0.25, -0.2) is 4.98 Å². The SMILES string of the molecule is COc1ccccc1NC(=O)c1cccc(N2CCN(C)CC2)n1. The lowest BCUT2D eigenvalue weighted by molar-refractivity contribution is 0.102. The zero-order valence-corrected chi connectivity index (χ0v) is 14.0. The van der Waals surface area contributed by atoms with Gasteiger partial charge in [0.05, 0.1) is 12.8 Å². The van der Waals surface area contributed by atoms with Crippen molar-refractivity contribution in [2.24, 2.45) is 0 Å². The van der Waals surface area contributed by atoms with Gasteiger partial charge in [-0.05, 0) is 31.3 Å². The van der Waals surface area contributed by atoms with Gasteiger partial charge >= 0.3 is 0 Å². The lowest BCUT2D eigenvalue weighted by Gasteiger charge is -2.33. The molecule has 24 heavy (non-hydrogen) atoms. The highest BCUT2D eigenvalue weighted by Gasteiger charge is 2.17. The summed E-state index contributed by atoms with van der Waals surface area (Å²) in [4.78, 5) is 21.5. The third-order valence-electron chi connectivity index (χ3n) is 4.15. The zero-order chi connectivity index (χ0) is 16.9. The molecule has 0 saturated carbocycles. The van der Waals surface area contributed by atoms with E-state index in [1.165, 1.54) is 0 Å². The van der Waals surface area contributed by atoms with Crippen LogP contribution in [0.15, 0.2) is 42.5 Å². The Morgan fingerprint density at radius 1 is 1.08 bits per heavy atom. The molecule has 1 aromatic carbocycles. The number of likely N-dealkylation sites (N-methyl/N-ethyl adjacent to an activating group) is 1. The van der Waals surface area contributed by atoms with E-state index >= 15 is 0 Å². The average Bonchev–Trinajstić information content (AvgIpc) is 2.63. The molecule has 6 heteroatoms. The molecule has 1 N–H and O–H groups in total. The average molecular weight is 326 g/mol. The molecule has 0 bridgehead atoms. The van der Waals surface area contributed by atoms with E-state index in [4.69, 9.17) is 4.74 Å². The first-order valence-corrected chi connectivity index (χ1v) is 8.02. The molecule has 1 amide bonds. The summed E-state index contributed by atoms with van der Waals surface area (Å²) in [7, 11) is 3.69. The third kappa shape index (κ3) is 3.65. The fraction of sp³-hybridized carbons (Fsp3) is 0.333. The number of hydrogen-bond acceptors (Lipinski definition) is 5. The number of piperazine rings is 1. The van der Waals surface area contributed by atoms with Crippen LogP contribution in [0.3, 0.4) is 0 Å². The van der Waals surface area contributed by atoms with E-state index in [1.807, 2.05) is 30.3 Å². The van der Waals surface area contributed by atoms with Crippen molar-refractivity contribution >= 4 is 17.4 Å². The fourth-order valence-corrected chi connectivity index (χ4v) is 2.70. The van der Waals surface area contributed by atoms with Crippen LogP contribution in [0.1, 0.15) is 10.5 Å². The number of carbonyl (C=O) groups is 1. The number of aromatic nitrogens is 1. The first kappa shape index (κ1) is 16.3. The van der Waals surface area contributed by atoms with Gasteiger partial charge in [0, 0.05) is 26.2 Å². The van der Waals surface area contributed by atoms with Crippen molar-refractivity contribution in [1.29, 1.82) is 0 Å². The summed E-state index contributed by atoms with van der Waals surface area (Å²) in [6, 6.07) is 12.9. The molecule has 6 nitrogen and oxygen atoms in total. The maximum Gasteiger partial charge on any atom is 0.274 e. The van der Waals surface area contributed by atoms with Gasteiger partial charge in [0.15, 0.2) is 0 Å². The summed E-state index contributed by atoms with van der Waals surface area (Å²) in [5, 5.41) is 2.86. The number of ether oxygens (including phenoxy) is 1. The molecule has 2 heterocycles. The molecular formula is C18H22N4O2. The summed E-state index contributed by atoms with van der Waals surface area (Å²) in [6.07, 6.45) is 0. The van der Waals surface area contributed by atoms with E-state index in [0.717, 1.165) is 32.0 Å². The summed E-state index contributed by atoms with van der Waals surface area (Å²) < 4.78 is 5.26. The summed E-state index contributed by atoms with van der Waals surface area (Å²) in [5.74, 6) is 1.23. The largest absolute Gasteiger partial charge is 0.495 e. The van der Waals surface area contributed by atoms with E-state index in [2.05, 4.69) is 27.1 Å². The van der Waals surface area contributed by atoms with Crippen LogP contribution in [0.5, 0.6) is 5.75 Å². The summed E-state index contributed by atoms with van der Waals surface area (Å²) >= 11 is 0. The van der Waals surface area contributed by atoms with Crippen LogP contribution in [0, 0.1) is 0 Å². The van der Waals surface area contributed by atoms with Crippen molar-refractivity contribution in [3.05, 3.63) is 48.2 Å². The van der Waals surface area contributed by atoms with Gasteiger partial charge in [0.2, 0.25) is 0 Å². The van der Waals surface area contributed by atoms with Gasteiger partial charge in [0.25, 0.3) is 5.91 Å². The Kier molecular flexibility index (Phi) is 4.96. The topological polar surface area (TPSA) is 57.7 Å². The number of carbonyl (C=O) groups excluding carboxylic acids is 1. The minimum absolute atomic E-state index is 0.240. The number of anilines is 2. The van der Waals surface area contributed by atoms with Crippen molar-refractivity contribution in [2.75, 3.05) is 50.6 Å². The highest BCUT2D eigenvalue weighted by atomic mass is 16.5. The second kappa shape index (κ2) is 7.31. The lowest BCUT2D eigenvalue weighted by Crippen LogP contribution is -2.44. The molecular weight excluding hydrogens is 304 g/mol. The maximum atomic E-state index is 12.5. The maximum absolute atomic E-state index is 12.5. The lowest BCUT2D eigenvalue weighted by atomic mass is 10.2. The first-order chi connectivity index (χ1) is 11.7. The van der Waals surface area contributed by atoms with Crippen LogP contribution < -0.4 is 15.0 Å². The van der Waals surface area contributed by atoms with Gasteiger partial charge in [-0.15, -0.1) is 0 Å². The van der Waals surface area contributed by atoms with E-state index in [1.54, 1.807) is 19.2 Å². The van der Waals surface area contributed by atoms with Crippen LogP contribution in [-0.4, -0.2) is 56.1 Å². The van der Waals surface area contributed by atoms with Crippen molar-refractivity contribution in [3.63, 3.8) is 0 Å². The third-order valence-corrected chi connectivity index (χ3v) is 4.15. The van der Waals surface area contributed by atoms with Crippen molar-refractivity contribution < 1.29 is 9.53 Å². The first-order valence-electron chi connectivity index (χ1n) is 8.02. The minimum Gasteiger partial charge on any atom is -0.495 e. The van der Waals surface area contributed by atoms with Crippen molar-refractivity contribution in [2.45, 2.75) is 0 Å². The minimum atomic E-state index is -0.240. The van der Waals surface area contributed by atoms with E-state index < -0.39 is 0 Å². The van der Waals surface area contributed by atoms with Gasteiger partial charge in [-0.2, -0.15) is 0 Å². The number of hydrogen-bond donors (Lipinski definition) is 1. The van der Waals surface area contributed by atoms with Gasteiger partial charge in [-0.1, -0.05) is 18.2 Å². The molecule has 1 fully saturated rings. The molecule has 1 aromatic heterocycles. The number of nitrogens with zero attached hydrogens (tertiary/aromatic N) is 3. The molecule has 3 rings (SSSR count). The van der Waals surface area contributed by atoms with Gasteiger partial charge in [-0.3, -0.25) is 4.79 Å². The predicted molar refractivity (Wildman–Crippen MR) is 94.9 cm³/mol. The molecule has 0 spiro atoms. The van der Waals surface area contributed by atoms with Crippen LogP contribution in [0.4, 0.5) is 11.5 Å². The van der Waals surface area contributed by atoms with E-state index in [-0.39, 0.29) is 5.91 Å². The number of benzene rings is 1. The van der Waals surface area contributed by atoms with E-state index in [0.29, 0.717) is 17.1 Å². The Morgan fingerprint density at radius 3 is 2.58 bits per heavy atom. The zero-order valence-electron chi connectivity index (χ0n) is 14.0. The highest BCUT2D eigenvalue weighted by Crippen LogP contribution is 2.23. The predicted octanol–water partition coefficient (Wildman–Crippen LogP) is 2.09. The van der Waals surface area contributed by atoms with Gasteiger partial charge in [0.1, 0.15) is 17.3 Å². The molecule has 0 radical (unpaired) electrons. The second-order valence-corrected chi connectivity index (χ2v) is 5.83. The normalized spacial score (nSPS) is 15.2. The molecule has 2 aromatic rings. The number of para-hydroxylation sites is 2. The smallest absolute Gasteiger partial charge is 0.274 e. The molecule has 0 atom stereocenters. The van der Waals surface area contributed by atoms with Crippen molar-refractivity contribution in [1.82, 2.24) is 9.88 Å². The number of methoxy groups -OCH3 is 1. The van der Waals surface area contributed by atoms with Crippen LogP contribution in [-0.2, 0) is 0 Å². The van der Waals surface area contributed by atoms with Crippen LogP contribution >= 0.6 is 0 Å². The molecule has 0 aliphatic carbocycles. The molecule has 0 unspecified atom stereocenters. The Hall–Kier alpha value is -2.60. The molecule has 1 aliphatic rings. The Bertz CT molecular complexity index is 712. The Balaban J connectivity index is 1.75. The monoisotopic (exact) mass is 326 g/mol.